The minimum absolute atomic E-state index is 0.192. The Kier molecular flexibility index (Phi) is 7.34. The number of benzene rings is 2. The van der Waals surface area contributed by atoms with E-state index in [2.05, 4.69) is 37.0 Å². The third-order valence-electron chi connectivity index (χ3n) is 6.35. The number of piperazine rings is 1. The van der Waals surface area contributed by atoms with Crippen LogP contribution in [0.1, 0.15) is 0 Å². The first-order valence-electron chi connectivity index (χ1n) is 12.2. The number of nitrogens with zero attached hydrogens (tertiary/aromatic N) is 5. The normalized spacial score (nSPS) is 13.9. The smallest absolute Gasteiger partial charge is 0.247 e. The van der Waals surface area contributed by atoms with Crippen molar-refractivity contribution in [3.63, 3.8) is 0 Å². The number of β-amino-alcohol motifs (C(OH)–C–C–N with tert-alkyl or cyclic N) is 1. The molecule has 2 aromatic heterocycles. The van der Waals surface area contributed by atoms with Crippen LogP contribution in [0.2, 0.25) is 0 Å². The SMILES string of the molecule is C=CC(=O)Nc1cccc(-c2cccc3cnc(Nc4ccc(N5CCN(CCO)CC5)nc4)nc23)c1. The number of hydrogen-bond acceptors (Lipinski definition) is 8. The van der Waals surface area contributed by atoms with Crippen molar-refractivity contribution in [1.29, 1.82) is 0 Å². The molecule has 188 valence electrons. The first-order valence-corrected chi connectivity index (χ1v) is 12.2. The second-order valence-electron chi connectivity index (χ2n) is 8.79. The van der Waals surface area contributed by atoms with Crippen LogP contribution >= 0.6 is 0 Å². The van der Waals surface area contributed by atoms with Crippen LogP contribution in [0.15, 0.2) is 79.6 Å². The Morgan fingerprint density at radius 3 is 2.59 bits per heavy atom. The lowest BCUT2D eigenvalue weighted by Gasteiger charge is -2.35. The highest BCUT2D eigenvalue weighted by Gasteiger charge is 2.17. The van der Waals surface area contributed by atoms with Gasteiger partial charge in [0.15, 0.2) is 0 Å². The molecular weight excluding hydrogens is 466 g/mol. The number of aliphatic hydroxyl groups excluding tert-OH is 1. The van der Waals surface area contributed by atoms with Gasteiger partial charge < -0.3 is 20.6 Å². The van der Waals surface area contributed by atoms with Gasteiger partial charge in [-0.25, -0.2) is 15.0 Å². The predicted octanol–water partition coefficient (Wildman–Crippen LogP) is 3.67. The molecule has 4 aromatic rings. The van der Waals surface area contributed by atoms with Crippen molar-refractivity contribution in [2.24, 2.45) is 0 Å². The number of amides is 1. The molecule has 0 atom stereocenters. The fourth-order valence-corrected chi connectivity index (χ4v) is 4.42. The van der Waals surface area contributed by atoms with Crippen LogP contribution in [-0.2, 0) is 4.79 Å². The van der Waals surface area contributed by atoms with Crippen LogP contribution in [0.25, 0.3) is 22.0 Å². The summed E-state index contributed by atoms with van der Waals surface area (Å²) >= 11 is 0. The van der Waals surface area contributed by atoms with Gasteiger partial charge >= 0.3 is 0 Å². The van der Waals surface area contributed by atoms with Gasteiger partial charge in [0.1, 0.15) is 5.82 Å². The summed E-state index contributed by atoms with van der Waals surface area (Å²) in [5, 5.41) is 16.1. The van der Waals surface area contributed by atoms with Crippen molar-refractivity contribution in [1.82, 2.24) is 19.9 Å². The maximum absolute atomic E-state index is 11.7. The molecular formula is C28H29N7O2. The van der Waals surface area contributed by atoms with E-state index < -0.39 is 0 Å². The topological polar surface area (TPSA) is 107 Å². The third-order valence-corrected chi connectivity index (χ3v) is 6.35. The zero-order valence-electron chi connectivity index (χ0n) is 20.5. The average Bonchev–Trinajstić information content (AvgIpc) is 2.94. The molecule has 3 N–H and O–H groups in total. The fraction of sp³-hybridized carbons (Fsp3) is 0.214. The van der Waals surface area contributed by atoms with Crippen molar-refractivity contribution >= 4 is 40.0 Å². The summed E-state index contributed by atoms with van der Waals surface area (Å²) in [6.07, 6.45) is 4.84. The molecule has 1 aliphatic rings. The van der Waals surface area contributed by atoms with Crippen molar-refractivity contribution in [3.8, 4) is 11.1 Å². The van der Waals surface area contributed by atoms with Gasteiger partial charge in [0, 0.05) is 55.6 Å². The van der Waals surface area contributed by atoms with E-state index in [4.69, 9.17) is 10.1 Å². The van der Waals surface area contributed by atoms with Gasteiger partial charge in [0.05, 0.1) is 24.0 Å². The number of nitrogens with one attached hydrogen (secondary N) is 2. The number of aliphatic hydroxyl groups is 1. The molecule has 1 amide bonds. The molecule has 0 bridgehead atoms. The minimum Gasteiger partial charge on any atom is -0.395 e. The summed E-state index contributed by atoms with van der Waals surface area (Å²) in [5.74, 6) is 1.15. The van der Waals surface area contributed by atoms with Crippen LogP contribution in [0, 0.1) is 0 Å². The number of carbonyl (C=O) groups is 1. The summed E-state index contributed by atoms with van der Waals surface area (Å²) in [4.78, 5) is 30.2. The molecule has 1 saturated heterocycles. The van der Waals surface area contributed by atoms with Crippen LogP contribution in [0.4, 0.5) is 23.1 Å². The maximum Gasteiger partial charge on any atom is 0.247 e. The first-order chi connectivity index (χ1) is 18.1. The summed E-state index contributed by atoms with van der Waals surface area (Å²) in [6, 6.07) is 17.6. The molecule has 5 rings (SSSR count). The van der Waals surface area contributed by atoms with Crippen molar-refractivity contribution in [3.05, 3.63) is 79.6 Å². The molecule has 37 heavy (non-hydrogen) atoms. The van der Waals surface area contributed by atoms with Gasteiger partial charge in [0.25, 0.3) is 0 Å². The van der Waals surface area contributed by atoms with Gasteiger partial charge in [-0.15, -0.1) is 0 Å². The molecule has 2 aromatic carbocycles. The molecule has 0 saturated carbocycles. The van der Waals surface area contributed by atoms with Crippen LogP contribution in [0.5, 0.6) is 0 Å². The summed E-state index contributed by atoms with van der Waals surface area (Å²) in [6.45, 7) is 8.02. The summed E-state index contributed by atoms with van der Waals surface area (Å²) < 4.78 is 0. The van der Waals surface area contributed by atoms with E-state index in [1.165, 1.54) is 6.08 Å². The number of hydrogen-bond donors (Lipinski definition) is 3. The highest BCUT2D eigenvalue weighted by Crippen LogP contribution is 2.30. The van der Waals surface area contributed by atoms with Crippen molar-refractivity contribution < 1.29 is 9.90 Å². The average molecular weight is 496 g/mol. The number of carbonyl (C=O) groups excluding carboxylic acids is 1. The number of pyridine rings is 1. The molecule has 3 heterocycles. The maximum atomic E-state index is 11.7. The Balaban J connectivity index is 1.34. The largest absolute Gasteiger partial charge is 0.395 e. The van der Waals surface area contributed by atoms with Crippen molar-refractivity contribution in [2.75, 3.05) is 54.9 Å². The molecule has 9 nitrogen and oxygen atoms in total. The minimum atomic E-state index is -0.257. The number of anilines is 4. The lowest BCUT2D eigenvalue weighted by Crippen LogP contribution is -2.47. The van der Waals surface area contributed by atoms with Crippen molar-refractivity contribution in [2.45, 2.75) is 0 Å². The quantitative estimate of drug-likeness (QED) is 0.318. The van der Waals surface area contributed by atoms with Gasteiger partial charge in [-0.05, 0) is 35.9 Å². The van der Waals surface area contributed by atoms with E-state index in [0.29, 0.717) is 11.6 Å². The Hall–Kier alpha value is -4.34. The lowest BCUT2D eigenvalue weighted by atomic mass is 10.0. The van der Waals surface area contributed by atoms with Gasteiger partial charge in [-0.1, -0.05) is 36.9 Å². The first kappa shape index (κ1) is 24.4. The highest BCUT2D eigenvalue weighted by atomic mass is 16.3. The Morgan fingerprint density at radius 2 is 1.84 bits per heavy atom. The fourth-order valence-electron chi connectivity index (χ4n) is 4.42. The van der Waals surface area contributed by atoms with Gasteiger partial charge in [-0.2, -0.15) is 0 Å². The monoisotopic (exact) mass is 495 g/mol. The number of para-hydroxylation sites is 1. The molecule has 0 unspecified atom stereocenters. The molecule has 9 heteroatoms. The molecule has 1 aliphatic heterocycles. The second-order valence-corrected chi connectivity index (χ2v) is 8.79. The molecule has 0 spiro atoms. The van der Waals surface area contributed by atoms with Crippen LogP contribution < -0.4 is 15.5 Å². The Morgan fingerprint density at radius 1 is 1.00 bits per heavy atom. The standard InChI is InChI=1S/C28H29N7O2/c1-2-26(37)31-22-7-3-5-20(17-22)24-8-4-6-21-18-30-28(33-27(21)24)32-23-9-10-25(29-19-23)35-13-11-34(12-14-35)15-16-36/h2-10,17-19,36H,1,11-16H2,(H,31,37)(H,30,32,33). The van der Waals surface area contributed by atoms with E-state index in [1.807, 2.05) is 54.6 Å². The molecule has 1 fully saturated rings. The van der Waals surface area contributed by atoms with Gasteiger partial charge in [0.2, 0.25) is 11.9 Å². The number of aromatic nitrogens is 3. The second kappa shape index (κ2) is 11.2. The van der Waals surface area contributed by atoms with E-state index in [1.54, 1.807) is 12.4 Å². The predicted molar refractivity (Wildman–Crippen MR) is 147 cm³/mol. The number of fused-ring (bicyclic) bond motifs is 1. The Bertz CT molecular complexity index is 1400. The van der Waals surface area contributed by atoms with Crippen LogP contribution in [-0.4, -0.2) is 70.2 Å². The van der Waals surface area contributed by atoms with E-state index in [0.717, 1.165) is 66.3 Å². The zero-order chi connectivity index (χ0) is 25.6. The molecule has 0 aliphatic carbocycles. The molecule has 0 radical (unpaired) electrons. The highest BCUT2D eigenvalue weighted by molar-refractivity contribution is 6.00. The summed E-state index contributed by atoms with van der Waals surface area (Å²) in [5.41, 5.74) is 4.16. The lowest BCUT2D eigenvalue weighted by molar-refractivity contribution is -0.111. The van der Waals surface area contributed by atoms with Crippen LogP contribution in [0.3, 0.4) is 0 Å². The Labute approximate surface area is 215 Å². The third kappa shape index (κ3) is 5.74. The van der Waals surface area contributed by atoms with E-state index in [9.17, 15) is 4.79 Å². The van der Waals surface area contributed by atoms with E-state index >= 15 is 0 Å². The summed E-state index contributed by atoms with van der Waals surface area (Å²) in [7, 11) is 0. The number of rotatable bonds is 8. The van der Waals surface area contributed by atoms with Gasteiger partial charge in [-0.3, -0.25) is 9.69 Å². The zero-order valence-corrected chi connectivity index (χ0v) is 20.5. The van der Waals surface area contributed by atoms with E-state index in [-0.39, 0.29) is 12.5 Å².